The van der Waals surface area contributed by atoms with Crippen LogP contribution in [-0.2, 0) is 11.2 Å². The quantitative estimate of drug-likeness (QED) is 0.674. The molecule has 1 aromatic rings. The molecule has 4 heteroatoms. The average Bonchev–Trinajstić information content (AvgIpc) is 2.15. The van der Waals surface area contributed by atoms with E-state index in [1.165, 1.54) is 11.0 Å². The maximum Gasteiger partial charge on any atom is 0.227 e. The van der Waals surface area contributed by atoms with Gasteiger partial charge in [-0.05, 0) is 46.7 Å². The van der Waals surface area contributed by atoms with E-state index < -0.39 is 0 Å². The minimum absolute atomic E-state index is 0.0538. The van der Waals surface area contributed by atoms with Gasteiger partial charge in [-0.25, -0.2) is 4.39 Å². The van der Waals surface area contributed by atoms with Crippen LogP contribution in [-0.4, -0.2) is 13.0 Å². The van der Waals surface area contributed by atoms with E-state index in [0.29, 0.717) is 15.7 Å². The summed E-state index contributed by atoms with van der Waals surface area (Å²) in [4.78, 5) is 12.9. The minimum Gasteiger partial charge on any atom is -0.315 e. The Labute approximate surface area is 95.2 Å². The molecule has 0 aromatic heterocycles. The second kappa shape index (κ2) is 3.49. The molecular formula is C10H9FINO. The molecular weight excluding hydrogens is 296 g/mol. The first-order valence-electron chi connectivity index (χ1n) is 4.34. The van der Waals surface area contributed by atoms with Crippen LogP contribution in [0.1, 0.15) is 12.0 Å². The smallest absolute Gasteiger partial charge is 0.227 e. The number of halogens is 2. The number of carbonyl (C=O) groups excluding carboxylic acids is 1. The van der Waals surface area contributed by atoms with Crippen molar-refractivity contribution in [3.05, 3.63) is 27.1 Å². The summed E-state index contributed by atoms with van der Waals surface area (Å²) in [6.45, 7) is 0. The first kappa shape index (κ1) is 9.89. The normalized spacial score (nSPS) is 15.6. The number of hydrogen-bond acceptors (Lipinski definition) is 1. The fourth-order valence-electron chi connectivity index (χ4n) is 1.63. The highest BCUT2D eigenvalue weighted by atomic mass is 127. The average molecular weight is 305 g/mol. The zero-order valence-electron chi connectivity index (χ0n) is 7.68. The van der Waals surface area contributed by atoms with Crippen molar-refractivity contribution in [2.75, 3.05) is 11.9 Å². The molecule has 0 saturated heterocycles. The molecule has 0 saturated carbocycles. The van der Waals surface area contributed by atoms with Gasteiger partial charge in [-0.3, -0.25) is 4.79 Å². The Morgan fingerprint density at radius 1 is 1.43 bits per heavy atom. The van der Waals surface area contributed by atoms with Crippen molar-refractivity contribution in [3.63, 3.8) is 0 Å². The molecule has 0 N–H and O–H groups in total. The predicted molar refractivity (Wildman–Crippen MR) is 60.8 cm³/mol. The molecule has 0 spiro atoms. The van der Waals surface area contributed by atoms with Crippen LogP contribution in [0.3, 0.4) is 0 Å². The zero-order valence-corrected chi connectivity index (χ0v) is 9.84. The number of hydrogen-bond donors (Lipinski definition) is 0. The van der Waals surface area contributed by atoms with Gasteiger partial charge in [-0.2, -0.15) is 0 Å². The molecule has 0 fully saturated rings. The molecule has 2 nitrogen and oxygen atoms in total. The first-order valence-corrected chi connectivity index (χ1v) is 5.42. The number of benzene rings is 1. The Hall–Kier alpha value is -0.650. The van der Waals surface area contributed by atoms with Crippen LogP contribution >= 0.6 is 22.6 Å². The van der Waals surface area contributed by atoms with Gasteiger partial charge in [0.25, 0.3) is 0 Å². The minimum atomic E-state index is -0.258. The third-order valence-corrected chi connectivity index (χ3v) is 3.29. The topological polar surface area (TPSA) is 20.3 Å². The Bertz CT molecular complexity index is 405. The predicted octanol–water partition coefficient (Wildman–Crippen LogP) is 2.34. The van der Waals surface area contributed by atoms with Crippen molar-refractivity contribution < 1.29 is 9.18 Å². The van der Waals surface area contributed by atoms with Gasteiger partial charge in [-0.15, -0.1) is 0 Å². The van der Waals surface area contributed by atoms with E-state index in [4.69, 9.17) is 0 Å². The van der Waals surface area contributed by atoms with Gasteiger partial charge in [-0.1, -0.05) is 0 Å². The van der Waals surface area contributed by atoms with Crippen LogP contribution in [0.15, 0.2) is 12.1 Å². The fraction of sp³-hybridized carbons (Fsp3) is 0.300. The summed E-state index contributed by atoms with van der Waals surface area (Å²) in [6, 6.07) is 3.25. The van der Waals surface area contributed by atoms with Gasteiger partial charge < -0.3 is 4.90 Å². The molecule has 0 unspecified atom stereocenters. The highest BCUT2D eigenvalue weighted by molar-refractivity contribution is 14.1. The second-order valence-corrected chi connectivity index (χ2v) is 4.51. The molecule has 0 atom stereocenters. The summed E-state index contributed by atoms with van der Waals surface area (Å²) in [7, 11) is 1.69. The molecule has 1 aromatic carbocycles. The molecule has 1 aliphatic rings. The van der Waals surface area contributed by atoms with E-state index in [2.05, 4.69) is 0 Å². The summed E-state index contributed by atoms with van der Waals surface area (Å²) < 4.78 is 13.9. The Balaban J connectivity index is 2.55. The molecule has 1 heterocycles. The number of rotatable bonds is 0. The van der Waals surface area contributed by atoms with E-state index in [1.807, 2.05) is 28.7 Å². The van der Waals surface area contributed by atoms with Crippen LogP contribution in [0.2, 0.25) is 0 Å². The maximum absolute atomic E-state index is 13.3. The van der Waals surface area contributed by atoms with Crippen LogP contribution in [0.5, 0.6) is 0 Å². The van der Waals surface area contributed by atoms with E-state index in [0.717, 1.165) is 12.0 Å². The molecule has 0 aliphatic carbocycles. The lowest BCUT2D eigenvalue weighted by atomic mass is 10.0. The Kier molecular flexibility index (Phi) is 2.47. The van der Waals surface area contributed by atoms with Gasteiger partial charge in [0, 0.05) is 22.7 Å². The van der Waals surface area contributed by atoms with Crippen molar-refractivity contribution in [1.82, 2.24) is 0 Å². The van der Waals surface area contributed by atoms with Gasteiger partial charge >= 0.3 is 0 Å². The monoisotopic (exact) mass is 305 g/mol. The van der Waals surface area contributed by atoms with Crippen LogP contribution in [0, 0.1) is 9.39 Å². The largest absolute Gasteiger partial charge is 0.315 e. The SMILES string of the molecule is CN1C(=O)CCc2cc(I)c(F)cc21. The summed E-state index contributed by atoms with van der Waals surface area (Å²) in [5.41, 5.74) is 1.76. The van der Waals surface area contributed by atoms with Gasteiger partial charge in [0.2, 0.25) is 5.91 Å². The molecule has 0 radical (unpaired) electrons. The number of fused-ring (bicyclic) bond motifs is 1. The van der Waals surface area contributed by atoms with E-state index >= 15 is 0 Å². The number of anilines is 1. The van der Waals surface area contributed by atoms with Crippen LogP contribution in [0.25, 0.3) is 0 Å². The van der Waals surface area contributed by atoms with Gasteiger partial charge in [0.1, 0.15) is 5.82 Å². The van der Waals surface area contributed by atoms with Crippen LogP contribution in [0.4, 0.5) is 10.1 Å². The number of amides is 1. The van der Waals surface area contributed by atoms with Crippen molar-refractivity contribution in [2.45, 2.75) is 12.8 Å². The van der Waals surface area contributed by atoms with E-state index in [-0.39, 0.29) is 11.7 Å². The molecule has 2 rings (SSSR count). The number of carbonyl (C=O) groups is 1. The van der Waals surface area contributed by atoms with Crippen molar-refractivity contribution in [1.29, 1.82) is 0 Å². The molecule has 1 amide bonds. The van der Waals surface area contributed by atoms with Gasteiger partial charge in [0.15, 0.2) is 0 Å². The lowest BCUT2D eigenvalue weighted by Crippen LogP contribution is -2.31. The maximum atomic E-state index is 13.3. The van der Waals surface area contributed by atoms with Gasteiger partial charge in [0.05, 0.1) is 0 Å². The molecule has 0 bridgehead atoms. The summed E-state index contributed by atoms with van der Waals surface area (Å²) in [5.74, 6) is -0.205. The van der Waals surface area contributed by atoms with E-state index in [1.54, 1.807) is 7.05 Å². The van der Waals surface area contributed by atoms with Crippen LogP contribution < -0.4 is 4.90 Å². The molecule has 1 aliphatic heterocycles. The van der Waals surface area contributed by atoms with E-state index in [9.17, 15) is 9.18 Å². The van der Waals surface area contributed by atoms with Crippen molar-refractivity contribution in [3.8, 4) is 0 Å². The summed E-state index contributed by atoms with van der Waals surface area (Å²) in [6.07, 6.45) is 1.24. The standard InChI is InChI=1S/C10H9FINO/c1-13-9-5-7(11)8(12)4-6(9)2-3-10(13)14/h4-5H,2-3H2,1H3. The number of nitrogens with zero attached hydrogens (tertiary/aromatic N) is 1. The summed E-state index contributed by atoms with van der Waals surface area (Å²) >= 11 is 1.96. The lowest BCUT2D eigenvalue weighted by Gasteiger charge is -2.25. The lowest BCUT2D eigenvalue weighted by molar-refractivity contribution is -0.118. The first-order chi connectivity index (χ1) is 6.59. The Morgan fingerprint density at radius 2 is 2.14 bits per heavy atom. The third-order valence-electron chi connectivity index (χ3n) is 2.47. The highest BCUT2D eigenvalue weighted by Crippen LogP contribution is 2.29. The fourth-order valence-corrected chi connectivity index (χ4v) is 2.17. The van der Waals surface area contributed by atoms with Crippen molar-refractivity contribution in [2.24, 2.45) is 0 Å². The Morgan fingerprint density at radius 3 is 2.86 bits per heavy atom. The molecule has 14 heavy (non-hydrogen) atoms. The second-order valence-electron chi connectivity index (χ2n) is 3.35. The molecule has 74 valence electrons. The zero-order chi connectivity index (χ0) is 10.3. The highest BCUT2D eigenvalue weighted by Gasteiger charge is 2.22. The third kappa shape index (κ3) is 1.51. The summed E-state index contributed by atoms with van der Waals surface area (Å²) in [5, 5.41) is 0. The number of aryl methyl sites for hydroxylation is 1. The van der Waals surface area contributed by atoms with Crippen molar-refractivity contribution >= 4 is 34.2 Å².